The molecule has 0 heterocycles. The zero-order chi connectivity index (χ0) is 34.4. The van der Waals surface area contributed by atoms with E-state index in [0.29, 0.717) is 0 Å². The van der Waals surface area contributed by atoms with Gasteiger partial charge in [-0.3, -0.25) is 0 Å². The normalized spacial score (nSPS) is 13.2. The third-order valence-corrected chi connectivity index (χ3v) is 56.4. The first-order chi connectivity index (χ1) is 23.9. The van der Waals surface area contributed by atoms with E-state index in [1.165, 1.54) is 13.8 Å². The molecule has 0 radical (unpaired) electrons. The minimum atomic E-state index is -6.54. The van der Waals surface area contributed by atoms with Gasteiger partial charge in [-0.15, -0.1) is 0 Å². The van der Waals surface area contributed by atoms with E-state index < -0.39 is 36.5 Å². The van der Waals surface area contributed by atoms with Crippen LogP contribution in [0.5, 0.6) is 0 Å². The van der Waals surface area contributed by atoms with Crippen molar-refractivity contribution < 1.29 is 34.9 Å². The monoisotopic (exact) mass is 775 g/mol. The summed E-state index contributed by atoms with van der Waals surface area (Å²) in [5.74, 6) is -1.36. The van der Waals surface area contributed by atoms with Crippen molar-refractivity contribution >= 4 is 59.8 Å². The SMILES string of the molecule is CC(=O)[O][Ru]([CH]=O)([O]C(C)=O)([PH](c1ccccc1)(c1ccccc1)c1ccccc1)[PH](c1ccccc1)(c1ccccc1)c1ccccc1. The van der Waals surface area contributed by atoms with Gasteiger partial charge < -0.3 is 0 Å². The molecular weight excluding hydrogens is 735 g/mol. The molecule has 6 aromatic rings. The molecule has 6 rings (SSSR count). The van der Waals surface area contributed by atoms with E-state index in [0.717, 1.165) is 36.7 Å². The van der Waals surface area contributed by atoms with Gasteiger partial charge in [-0.2, -0.15) is 0 Å². The Bertz CT molecular complexity index is 1710. The van der Waals surface area contributed by atoms with Crippen LogP contribution in [0.1, 0.15) is 13.8 Å². The molecule has 0 aliphatic rings. The van der Waals surface area contributed by atoms with Crippen LogP contribution in [0.2, 0.25) is 0 Å². The summed E-state index contributed by atoms with van der Waals surface area (Å²) in [5, 5.41) is 4.79. The number of hydrogen-bond acceptors (Lipinski definition) is 5. The summed E-state index contributed by atoms with van der Waals surface area (Å²) in [5.41, 5.74) is -8.36. The van der Waals surface area contributed by atoms with Crippen LogP contribution in [0.15, 0.2) is 182 Å². The Labute approximate surface area is 289 Å². The van der Waals surface area contributed by atoms with Crippen molar-refractivity contribution in [3.8, 4) is 0 Å². The Morgan fingerprint density at radius 3 is 0.735 bits per heavy atom. The summed E-state index contributed by atoms with van der Waals surface area (Å²) in [6.07, 6.45) is 0. The molecule has 0 aromatic heterocycles. The van der Waals surface area contributed by atoms with Crippen LogP contribution in [0, 0.1) is 0 Å². The molecule has 6 aromatic carbocycles. The molecule has 0 saturated heterocycles. The maximum absolute atomic E-state index is 15.5. The molecule has 0 saturated carbocycles. The van der Waals surface area contributed by atoms with E-state index in [2.05, 4.69) is 0 Å². The number of carbonyl (C=O) groups excluding carboxylic acids is 3. The van der Waals surface area contributed by atoms with Crippen molar-refractivity contribution in [2.75, 3.05) is 0 Å². The standard InChI is InChI=1S/2C18H15P.2C2H4O2.CHO.Ru/c2*1-4-10-16(11-5-1)19(17-12-6-2-7-13-17)18-14-8-3-9-15-18;2*1-2(3)4;1-2;/h2*1-15H;2*1H3,(H,3,4);1H;. The Hall–Kier alpha value is -4.59. The van der Waals surface area contributed by atoms with E-state index >= 15 is 4.79 Å². The third kappa shape index (κ3) is 5.22. The van der Waals surface area contributed by atoms with Gasteiger partial charge in [0.15, 0.2) is 0 Å². The number of hydrogen-bond donors (Lipinski definition) is 0. The third-order valence-electron chi connectivity index (χ3n) is 8.63. The van der Waals surface area contributed by atoms with Crippen LogP contribution in [-0.2, 0) is 34.9 Å². The topological polar surface area (TPSA) is 69.7 Å². The summed E-state index contributed by atoms with van der Waals surface area (Å²) in [7, 11) is 0. The predicted octanol–water partition coefficient (Wildman–Crippen LogP) is 6.11. The fraction of sp³-hybridized carbons (Fsp3) is 0.0488. The molecular formula is C41H39O5P2Ru. The second-order valence-electron chi connectivity index (χ2n) is 11.5. The molecule has 49 heavy (non-hydrogen) atoms. The quantitative estimate of drug-likeness (QED) is 0.0905. The van der Waals surface area contributed by atoms with Gasteiger partial charge in [0, 0.05) is 0 Å². The number of rotatable bonds is 11. The summed E-state index contributed by atoms with van der Waals surface area (Å²) in [4.78, 5) is 44.8. The van der Waals surface area contributed by atoms with E-state index in [-0.39, 0.29) is 0 Å². The van der Waals surface area contributed by atoms with Gasteiger partial charge in [-0.1, -0.05) is 0 Å². The van der Waals surface area contributed by atoms with Crippen LogP contribution >= 0.6 is 11.2 Å². The van der Waals surface area contributed by atoms with E-state index in [1.807, 2.05) is 182 Å². The average molecular weight is 775 g/mol. The molecule has 0 N–H and O–H groups in total. The maximum atomic E-state index is 15.5. The molecule has 0 aliphatic heterocycles. The second-order valence-corrected chi connectivity index (χ2v) is 40.4. The number of carbonyl (C=O) groups is 3. The second kappa shape index (κ2) is 14.1. The van der Waals surface area contributed by atoms with Crippen LogP contribution in [0.3, 0.4) is 0 Å². The van der Waals surface area contributed by atoms with Crippen molar-refractivity contribution in [2.45, 2.75) is 13.8 Å². The first-order valence-corrected chi connectivity index (χ1v) is 27.2. The van der Waals surface area contributed by atoms with Gasteiger partial charge in [0.05, 0.1) is 0 Å². The molecule has 0 aliphatic carbocycles. The fourth-order valence-corrected chi connectivity index (χ4v) is 69.2. The first-order valence-electron chi connectivity index (χ1n) is 15.9. The van der Waals surface area contributed by atoms with Gasteiger partial charge in [0.25, 0.3) is 0 Å². The molecule has 8 heteroatoms. The van der Waals surface area contributed by atoms with E-state index in [1.54, 1.807) is 0 Å². The molecule has 0 bridgehead atoms. The Morgan fingerprint density at radius 2 is 0.592 bits per heavy atom. The van der Waals surface area contributed by atoms with Crippen LogP contribution in [-0.4, -0.2) is 16.8 Å². The molecule has 0 unspecified atom stereocenters. The zero-order valence-corrected chi connectivity index (χ0v) is 31.0. The van der Waals surface area contributed by atoms with Crippen molar-refractivity contribution in [3.05, 3.63) is 182 Å². The molecule has 0 fully saturated rings. The van der Waals surface area contributed by atoms with Gasteiger partial charge in [-0.25, -0.2) is 0 Å². The van der Waals surface area contributed by atoms with Crippen molar-refractivity contribution in [1.29, 1.82) is 0 Å². The molecule has 0 amide bonds. The predicted molar refractivity (Wildman–Crippen MR) is 203 cm³/mol. The molecule has 0 spiro atoms. The Morgan fingerprint density at radius 1 is 0.408 bits per heavy atom. The fourth-order valence-electron chi connectivity index (χ4n) is 7.13. The van der Waals surface area contributed by atoms with Crippen molar-refractivity contribution in [3.63, 3.8) is 0 Å². The average Bonchev–Trinajstić information content (AvgIpc) is 3.14. The summed E-state index contributed by atoms with van der Waals surface area (Å²) >= 11 is -6.54. The zero-order valence-electron chi connectivity index (χ0n) is 27.3. The van der Waals surface area contributed by atoms with Crippen molar-refractivity contribution in [2.24, 2.45) is 0 Å². The van der Waals surface area contributed by atoms with Gasteiger partial charge >= 0.3 is 291 Å². The minimum absolute atomic E-state index is 0.682. The Kier molecular flexibility index (Phi) is 9.87. The van der Waals surface area contributed by atoms with Gasteiger partial charge in [-0.05, 0) is 0 Å². The molecule has 5 nitrogen and oxygen atoms in total. The summed E-state index contributed by atoms with van der Waals surface area (Å²) < 4.78 is 14.4. The summed E-state index contributed by atoms with van der Waals surface area (Å²) in [6.45, 7) is 2.65. The van der Waals surface area contributed by atoms with Gasteiger partial charge in [0.2, 0.25) is 0 Å². The van der Waals surface area contributed by atoms with Crippen LogP contribution < -0.4 is 31.8 Å². The Balaban J connectivity index is 2.10. The van der Waals surface area contributed by atoms with E-state index in [4.69, 9.17) is 7.13 Å². The molecule has 251 valence electrons. The first kappa shape index (κ1) is 34.3. The summed E-state index contributed by atoms with van der Waals surface area (Å²) in [6, 6.07) is 58.8. The van der Waals surface area contributed by atoms with Crippen LogP contribution in [0.25, 0.3) is 0 Å². The number of benzene rings is 6. The van der Waals surface area contributed by atoms with Crippen molar-refractivity contribution in [1.82, 2.24) is 0 Å². The van der Waals surface area contributed by atoms with E-state index in [9.17, 15) is 9.59 Å². The molecule has 0 atom stereocenters. The van der Waals surface area contributed by atoms with Gasteiger partial charge in [0.1, 0.15) is 0 Å². The van der Waals surface area contributed by atoms with Crippen LogP contribution in [0.4, 0.5) is 0 Å².